The Balaban J connectivity index is 1.54. The average Bonchev–Trinajstić information content (AvgIpc) is 2.97. The molecule has 2 heterocycles. The van der Waals surface area contributed by atoms with Crippen molar-refractivity contribution in [3.05, 3.63) is 36.2 Å². The first-order valence-corrected chi connectivity index (χ1v) is 8.64. The minimum Gasteiger partial charge on any atom is -0.348 e. The second-order valence-corrected chi connectivity index (χ2v) is 6.57. The third kappa shape index (κ3) is 4.87. The van der Waals surface area contributed by atoms with Gasteiger partial charge < -0.3 is 9.42 Å². The summed E-state index contributed by atoms with van der Waals surface area (Å²) in [6.45, 7) is 4.81. The molecule has 3 rings (SSSR count). The van der Waals surface area contributed by atoms with E-state index in [1.54, 1.807) is 19.0 Å². The van der Waals surface area contributed by atoms with E-state index in [2.05, 4.69) is 19.9 Å². The first kappa shape index (κ1) is 17.6. The van der Waals surface area contributed by atoms with Crippen molar-refractivity contribution in [2.75, 3.05) is 46.8 Å². The molecule has 0 radical (unpaired) electrons. The number of amides is 1. The average molecular weight is 343 g/mol. The maximum atomic E-state index is 11.9. The van der Waals surface area contributed by atoms with Gasteiger partial charge in [-0.3, -0.25) is 14.6 Å². The van der Waals surface area contributed by atoms with Crippen LogP contribution in [0, 0.1) is 0 Å². The normalized spacial score (nSPS) is 16.6. The predicted octanol–water partition coefficient (Wildman–Crippen LogP) is 1.33. The molecule has 0 atom stereocenters. The summed E-state index contributed by atoms with van der Waals surface area (Å²) >= 11 is 0. The van der Waals surface area contributed by atoms with Crippen molar-refractivity contribution in [2.24, 2.45) is 0 Å². The van der Waals surface area contributed by atoms with Crippen LogP contribution in [-0.2, 0) is 11.3 Å². The number of rotatable bonds is 5. The van der Waals surface area contributed by atoms with E-state index < -0.39 is 0 Å². The van der Waals surface area contributed by atoms with Gasteiger partial charge in [0.05, 0.1) is 13.1 Å². The van der Waals surface area contributed by atoms with Gasteiger partial charge in [0.15, 0.2) is 0 Å². The second-order valence-electron chi connectivity index (χ2n) is 6.57. The Kier molecular flexibility index (Phi) is 5.78. The lowest BCUT2D eigenvalue weighted by Crippen LogP contribution is -2.38. The van der Waals surface area contributed by atoms with E-state index in [0.29, 0.717) is 24.8 Å². The van der Waals surface area contributed by atoms with Gasteiger partial charge >= 0.3 is 0 Å². The monoisotopic (exact) mass is 343 g/mol. The van der Waals surface area contributed by atoms with Crippen LogP contribution in [0.4, 0.5) is 0 Å². The molecule has 0 bridgehead atoms. The largest absolute Gasteiger partial charge is 0.348 e. The van der Waals surface area contributed by atoms with E-state index in [1.165, 1.54) is 0 Å². The Hall–Kier alpha value is -2.25. The molecular weight excluding hydrogens is 318 g/mol. The third-order valence-electron chi connectivity index (χ3n) is 4.40. The highest BCUT2D eigenvalue weighted by atomic mass is 16.5. The minimum atomic E-state index is 0.151. The third-order valence-corrected chi connectivity index (χ3v) is 4.40. The molecule has 134 valence electrons. The van der Waals surface area contributed by atoms with E-state index in [9.17, 15) is 4.79 Å². The van der Waals surface area contributed by atoms with Crippen LogP contribution in [0.2, 0.25) is 0 Å². The lowest BCUT2D eigenvalue weighted by Gasteiger charge is -2.22. The molecule has 1 aromatic heterocycles. The molecule has 0 N–H and O–H groups in total. The number of hydrogen-bond acceptors (Lipinski definition) is 6. The van der Waals surface area contributed by atoms with Gasteiger partial charge in [-0.2, -0.15) is 4.98 Å². The van der Waals surface area contributed by atoms with E-state index in [1.807, 2.05) is 30.3 Å². The van der Waals surface area contributed by atoms with Crippen molar-refractivity contribution in [1.29, 1.82) is 0 Å². The van der Waals surface area contributed by atoms with Crippen LogP contribution < -0.4 is 0 Å². The van der Waals surface area contributed by atoms with Gasteiger partial charge in [-0.15, -0.1) is 0 Å². The standard InChI is InChI=1S/C18H25N5O2/c1-21(2)17(24)14-23-10-6-9-22(11-12-23)13-16-19-18(20-25-16)15-7-4-3-5-8-15/h3-5,7-8H,6,9-14H2,1-2H3. The highest BCUT2D eigenvalue weighted by molar-refractivity contribution is 5.77. The van der Waals surface area contributed by atoms with Crippen LogP contribution in [0.1, 0.15) is 12.3 Å². The Labute approximate surface area is 148 Å². The Morgan fingerprint density at radius 2 is 1.84 bits per heavy atom. The van der Waals surface area contributed by atoms with Gasteiger partial charge in [0.25, 0.3) is 0 Å². The summed E-state index contributed by atoms with van der Waals surface area (Å²) in [5.74, 6) is 1.41. The number of carbonyl (C=O) groups excluding carboxylic acids is 1. The zero-order valence-electron chi connectivity index (χ0n) is 14.9. The lowest BCUT2D eigenvalue weighted by molar-refractivity contribution is -0.129. The second kappa shape index (κ2) is 8.22. The molecular formula is C18H25N5O2. The van der Waals surface area contributed by atoms with Crippen LogP contribution in [-0.4, -0.2) is 77.6 Å². The first-order valence-electron chi connectivity index (χ1n) is 8.64. The van der Waals surface area contributed by atoms with Crippen molar-refractivity contribution in [3.8, 4) is 11.4 Å². The minimum absolute atomic E-state index is 0.151. The van der Waals surface area contributed by atoms with Crippen molar-refractivity contribution < 1.29 is 9.32 Å². The van der Waals surface area contributed by atoms with Crippen LogP contribution in [0.15, 0.2) is 34.9 Å². The molecule has 1 amide bonds. The molecule has 0 unspecified atom stereocenters. The van der Waals surface area contributed by atoms with Crippen molar-refractivity contribution in [1.82, 2.24) is 24.8 Å². The molecule has 7 heteroatoms. The highest BCUT2D eigenvalue weighted by Crippen LogP contribution is 2.16. The molecule has 0 spiro atoms. The van der Waals surface area contributed by atoms with Crippen molar-refractivity contribution >= 4 is 5.91 Å². The molecule has 1 fully saturated rings. The number of aromatic nitrogens is 2. The summed E-state index contributed by atoms with van der Waals surface area (Å²) < 4.78 is 5.41. The zero-order valence-corrected chi connectivity index (χ0v) is 14.9. The highest BCUT2D eigenvalue weighted by Gasteiger charge is 2.19. The van der Waals surface area contributed by atoms with Crippen LogP contribution >= 0.6 is 0 Å². The van der Waals surface area contributed by atoms with Crippen LogP contribution in [0.25, 0.3) is 11.4 Å². The van der Waals surface area contributed by atoms with Crippen LogP contribution in [0.5, 0.6) is 0 Å². The summed E-state index contributed by atoms with van der Waals surface area (Å²) in [7, 11) is 3.60. The van der Waals surface area contributed by atoms with Crippen LogP contribution in [0.3, 0.4) is 0 Å². The maximum absolute atomic E-state index is 11.9. The Morgan fingerprint density at radius 1 is 1.12 bits per heavy atom. The summed E-state index contributed by atoms with van der Waals surface area (Å²) in [4.78, 5) is 22.5. The van der Waals surface area contributed by atoms with E-state index in [-0.39, 0.29) is 5.91 Å². The molecule has 1 aliphatic heterocycles. The molecule has 1 aliphatic rings. The summed E-state index contributed by atoms with van der Waals surface area (Å²) in [6.07, 6.45) is 1.03. The SMILES string of the molecule is CN(C)C(=O)CN1CCCN(Cc2nc(-c3ccccc3)no2)CC1. The van der Waals surface area contributed by atoms with E-state index >= 15 is 0 Å². The molecule has 2 aromatic rings. The zero-order chi connectivity index (χ0) is 17.6. The number of nitrogens with zero attached hydrogens (tertiary/aromatic N) is 5. The number of hydrogen-bond donors (Lipinski definition) is 0. The van der Waals surface area contributed by atoms with E-state index in [0.717, 1.165) is 38.2 Å². The van der Waals surface area contributed by atoms with Crippen molar-refractivity contribution in [3.63, 3.8) is 0 Å². The van der Waals surface area contributed by atoms with Gasteiger partial charge in [-0.1, -0.05) is 35.5 Å². The lowest BCUT2D eigenvalue weighted by atomic mass is 10.2. The van der Waals surface area contributed by atoms with Gasteiger partial charge in [-0.25, -0.2) is 0 Å². The van der Waals surface area contributed by atoms with Gasteiger partial charge in [0, 0.05) is 32.7 Å². The molecule has 1 saturated heterocycles. The summed E-state index contributed by atoms with van der Waals surface area (Å²) in [6, 6.07) is 9.84. The molecule has 0 saturated carbocycles. The van der Waals surface area contributed by atoms with Gasteiger partial charge in [-0.05, 0) is 19.5 Å². The predicted molar refractivity (Wildman–Crippen MR) is 94.8 cm³/mol. The summed E-state index contributed by atoms with van der Waals surface area (Å²) in [5, 5.41) is 4.08. The molecule has 25 heavy (non-hydrogen) atoms. The molecule has 7 nitrogen and oxygen atoms in total. The fourth-order valence-electron chi connectivity index (χ4n) is 2.89. The Morgan fingerprint density at radius 3 is 2.60 bits per heavy atom. The number of carbonyl (C=O) groups is 1. The molecule has 0 aliphatic carbocycles. The quantitative estimate of drug-likeness (QED) is 0.816. The van der Waals surface area contributed by atoms with Gasteiger partial charge in [0.2, 0.25) is 17.6 Å². The Bertz CT molecular complexity index is 686. The van der Waals surface area contributed by atoms with E-state index in [4.69, 9.17) is 4.52 Å². The fourth-order valence-corrected chi connectivity index (χ4v) is 2.89. The number of likely N-dealkylation sites (N-methyl/N-ethyl adjacent to an activating group) is 1. The number of benzene rings is 1. The maximum Gasteiger partial charge on any atom is 0.241 e. The molecule has 1 aromatic carbocycles. The topological polar surface area (TPSA) is 65.7 Å². The van der Waals surface area contributed by atoms with Crippen molar-refractivity contribution in [2.45, 2.75) is 13.0 Å². The fraction of sp³-hybridized carbons (Fsp3) is 0.500. The first-order chi connectivity index (χ1) is 12.1. The summed E-state index contributed by atoms with van der Waals surface area (Å²) in [5.41, 5.74) is 0.960. The smallest absolute Gasteiger partial charge is 0.241 e. The van der Waals surface area contributed by atoms with Gasteiger partial charge in [0.1, 0.15) is 0 Å².